The van der Waals surface area contributed by atoms with E-state index in [-0.39, 0.29) is 11.2 Å². The molecule has 0 aromatic heterocycles. The Hall–Kier alpha value is -3.53. The molecule has 0 unspecified atom stereocenters. The largest absolute Gasteiger partial charge is 0.507 e. The number of carbonyl (C=O) groups excluding carboxylic acids is 1. The maximum absolute atomic E-state index is 11.6. The lowest BCUT2D eigenvalue weighted by molar-refractivity contribution is -0.137. The van der Waals surface area contributed by atoms with Gasteiger partial charge in [-0.25, -0.2) is 4.79 Å². The topological polar surface area (TPSA) is 55.8 Å². The molecule has 0 fully saturated rings. The molecule has 0 aliphatic rings. The Morgan fingerprint density at radius 2 is 1.65 bits per heavy atom. The first-order valence-electron chi connectivity index (χ1n) is 11.6. The van der Waals surface area contributed by atoms with Gasteiger partial charge in [0.15, 0.2) is 0 Å². The second kappa shape index (κ2) is 13.2. The summed E-state index contributed by atoms with van der Waals surface area (Å²) in [6.45, 7) is 8.51. The summed E-state index contributed by atoms with van der Waals surface area (Å²) >= 11 is 0. The lowest BCUT2D eigenvalue weighted by Gasteiger charge is -2.22. The number of esters is 1. The maximum atomic E-state index is 11.6. The van der Waals surface area contributed by atoms with E-state index in [4.69, 9.17) is 9.47 Å². The Morgan fingerprint density at radius 1 is 1.00 bits per heavy atom. The fourth-order valence-corrected chi connectivity index (χ4v) is 3.34. The number of phenols is 1. The molecule has 34 heavy (non-hydrogen) atoms. The van der Waals surface area contributed by atoms with E-state index in [9.17, 15) is 9.90 Å². The second-order valence-electron chi connectivity index (χ2n) is 8.67. The quantitative estimate of drug-likeness (QED) is 0.215. The zero-order valence-corrected chi connectivity index (χ0v) is 20.9. The van der Waals surface area contributed by atoms with Gasteiger partial charge in [0.1, 0.15) is 11.5 Å². The molecule has 2 aromatic carbocycles. The summed E-state index contributed by atoms with van der Waals surface area (Å²) < 4.78 is 10.2. The summed E-state index contributed by atoms with van der Waals surface area (Å²) in [6.07, 6.45) is 15.7. The Balaban J connectivity index is 2.27. The number of rotatable bonds is 11. The van der Waals surface area contributed by atoms with Gasteiger partial charge in [0.05, 0.1) is 13.7 Å². The van der Waals surface area contributed by atoms with Crippen LogP contribution in [-0.2, 0) is 9.53 Å². The molecule has 180 valence electrons. The van der Waals surface area contributed by atoms with Gasteiger partial charge in [0.25, 0.3) is 0 Å². The van der Waals surface area contributed by atoms with Gasteiger partial charge in [-0.1, -0.05) is 61.1 Å². The molecule has 0 radical (unpaired) electrons. The molecule has 2 aromatic rings. The molecule has 1 N–H and O–H groups in total. The minimum Gasteiger partial charge on any atom is -0.507 e. The summed E-state index contributed by atoms with van der Waals surface area (Å²) in [6, 6.07) is 13.3. The van der Waals surface area contributed by atoms with Crippen molar-refractivity contribution < 1.29 is 19.4 Å². The first-order valence-corrected chi connectivity index (χ1v) is 11.6. The highest BCUT2D eigenvalue weighted by Gasteiger charge is 2.16. The van der Waals surface area contributed by atoms with Crippen LogP contribution in [-0.4, -0.2) is 24.8 Å². The third-order valence-electron chi connectivity index (χ3n) is 5.40. The predicted octanol–water partition coefficient (Wildman–Crippen LogP) is 7.46. The van der Waals surface area contributed by atoms with Crippen molar-refractivity contribution in [2.24, 2.45) is 5.41 Å². The summed E-state index contributed by atoms with van der Waals surface area (Å²) in [5.74, 6) is 0.519. The molecule has 0 saturated carbocycles. The molecule has 0 aliphatic heterocycles. The van der Waals surface area contributed by atoms with E-state index >= 15 is 0 Å². The Bertz CT molecular complexity index is 1050. The minimum atomic E-state index is -0.432. The fourth-order valence-electron chi connectivity index (χ4n) is 3.34. The Kier molecular flexibility index (Phi) is 10.4. The first-order chi connectivity index (χ1) is 16.2. The van der Waals surface area contributed by atoms with Gasteiger partial charge < -0.3 is 14.6 Å². The van der Waals surface area contributed by atoms with Gasteiger partial charge >= 0.3 is 5.97 Å². The molecule has 1 atom stereocenters. The molecule has 4 nitrogen and oxygen atoms in total. The van der Waals surface area contributed by atoms with Crippen molar-refractivity contribution >= 4 is 24.2 Å². The average molecular weight is 461 g/mol. The normalized spacial score (nSPS) is 13.3. The van der Waals surface area contributed by atoms with Crippen LogP contribution in [0.4, 0.5) is 0 Å². The minimum absolute atomic E-state index is 0.114. The molecule has 0 bridgehead atoms. The van der Waals surface area contributed by atoms with Crippen LogP contribution in [0.25, 0.3) is 18.2 Å². The van der Waals surface area contributed by atoms with Crippen LogP contribution in [0.15, 0.2) is 72.3 Å². The molecule has 2 rings (SSSR count). The molecular formula is C30H36O4. The SMILES string of the molecule is CCOC(=O)/C=C/c1cc(/C=C/[C@](C)(/C=C/c2ccc(OC)cc2)CCC=C(C)C)ccc1O. The average Bonchev–Trinajstić information content (AvgIpc) is 2.82. The van der Waals surface area contributed by atoms with Gasteiger partial charge in [0.2, 0.25) is 0 Å². The first kappa shape index (κ1) is 26.7. The van der Waals surface area contributed by atoms with E-state index in [1.807, 2.05) is 36.4 Å². The summed E-state index contributed by atoms with van der Waals surface area (Å²) in [7, 11) is 1.66. The zero-order chi connectivity index (χ0) is 25.0. The highest BCUT2D eigenvalue weighted by molar-refractivity contribution is 5.87. The van der Waals surface area contributed by atoms with Crippen molar-refractivity contribution in [3.63, 3.8) is 0 Å². The standard InChI is InChI=1S/C30H36O4/c1-6-34-29(32)16-12-26-22-25(11-15-28(26)31)18-21-30(4,19-7-8-23(2)3)20-17-24-9-13-27(33-5)14-10-24/h8-18,20-22,31H,6-7,19H2,1-5H3/b16-12+,20-17+,21-18+/t30-/m0/s1. The van der Waals surface area contributed by atoms with Crippen molar-refractivity contribution in [2.75, 3.05) is 13.7 Å². The van der Waals surface area contributed by atoms with Crippen LogP contribution in [0.2, 0.25) is 0 Å². The van der Waals surface area contributed by atoms with E-state index < -0.39 is 5.97 Å². The van der Waals surface area contributed by atoms with Crippen LogP contribution in [0.3, 0.4) is 0 Å². The Labute approximate surface area is 203 Å². The number of benzene rings is 2. The highest BCUT2D eigenvalue weighted by Crippen LogP contribution is 2.31. The lowest BCUT2D eigenvalue weighted by Crippen LogP contribution is -2.09. The Morgan fingerprint density at radius 3 is 2.26 bits per heavy atom. The molecule has 4 heteroatoms. The third kappa shape index (κ3) is 9.14. The predicted molar refractivity (Wildman–Crippen MR) is 142 cm³/mol. The number of aromatic hydroxyl groups is 1. The number of hydrogen-bond acceptors (Lipinski definition) is 4. The molecule has 0 aliphatic carbocycles. The molecule has 0 saturated heterocycles. The highest BCUT2D eigenvalue weighted by atomic mass is 16.5. The van der Waals surface area contributed by atoms with E-state index in [1.165, 1.54) is 11.6 Å². The summed E-state index contributed by atoms with van der Waals surface area (Å²) in [5.41, 5.74) is 3.74. The van der Waals surface area contributed by atoms with E-state index in [1.54, 1.807) is 26.2 Å². The molecule has 0 spiro atoms. The van der Waals surface area contributed by atoms with E-state index in [2.05, 4.69) is 51.2 Å². The molecule has 0 amide bonds. The third-order valence-corrected chi connectivity index (χ3v) is 5.40. The number of ether oxygens (including phenoxy) is 2. The number of phenolic OH excluding ortho intramolecular Hbond substituents is 1. The van der Waals surface area contributed by atoms with Gasteiger partial charge in [-0.3, -0.25) is 0 Å². The van der Waals surface area contributed by atoms with Crippen LogP contribution < -0.4 is 4.74 Å². The number of allylic oxidation sites excluding steroid dienone is 4. The number of methoxy groups -OCH3 is 1. The van der Waals surface area contributed by atoms with Crippen LogP contribution in [0, 0.1) is 5.41 Å². The van der Waals surface area contributed by atoms with Gasteiger partial charge in [0, 0.05) is 17.1 Å². The number of hydrogen-bond donors (Lipinski definition) is 1. The lowest BCUT2D eigenvalue weighted by atomic mass is 9.83. The summed E-state index contributed by atoms with van der Waals surface area (Å²) in [5, 5.41) is 10.2. The van der Waals surface area contributed by atoms with Gasteiger partial charge in [-0.2, -0.15) is 0 Å². The van der Waals surface area contributed by atoms with Gasteiger partial charge in [-0.15, -0.1) is 0 Å². The second-order valence-corrected chi connectivity index (χ2v) is 8.67. The van der Waals surface area contributed by atoms with Crippen molar-refractivity contribution in [3.8, 4) is 11.5 Å². The fraction of sp³-hybridized carbons (Fsp3) is 0.300. The monoisotopic (exact) mass is 460 g/mol. The van der Waals surface area contributed by atoms with E-state index in [0.29, 0.717) is 12.2 Å². The van der Waals surface area contributed by atoms with Crippen molar-refractivity contribution in [3.05, 3.63) is 89.0 Å². The molecule has 0 heterocycles. The number of carbonyl (C=O) groups is 1. The van der Waals surface area contributed by atoms with Crippen LogP contribution in [0.1, 0.15) is 57.2 Å². The van der Waals surface area contributed by atoms with Crippen molar-refractivity contribution in [1.29, 1.82) is 0 Å². The molecular weight excluding hydrogens is 424 g/mol. The van der Waals surface area contributed by atoms with Crippen LogP contribution in [0.5, 0.6) is 11.5 Å². The van der Waals surface area contributed by atoms with Crippen molar-refractivity contribution in [2.45, 2.75) is 40.5 Å². The van der Waals surface area contributed by atoms with Crippen LogP contribution >= 0.6 is 0 Å². The van der Waals surface area contributed by atoms with Gasteiger partial charge in [-0.05, 0) is 75.1 Å². The van der Waals surface area contributed by atoms with Crippen molar-refractivity contribution in [1.82, 2.24) is 0 Å². The zero-order valence-electron chi connectivity index (χ0n) is 20.9. The smallest absolute Gasteiger partial charge is 0.330 e. The maximum Gasteiger partial charge on any atom is 0.330 e. The summed E-state index contributed by atoms with van der Waals surface area (Å²) in [4.78, 5) is 11.6. The van der Waals surface area contributed by atoms with E-state index in [0.717, 1.165) is 29.7 Å².